The highest BCUT2D eigenvalue weighted by Crippen LogP contribution is 2.59. The summed E-state index contributed by atoms with van der Waals surface area (Å²) in [6, 6.07) is 5.68. The fourth-order valence-electron chi connectivity index (χ4n) is 4.39. The number of nitrogens with zero attached hydrogens (tertiary/aromatic N) is 1. The van der Waals surface area contributed by atoms with Crippen LogP contribution in [0.5, 0.6) is 0 Å². The zero-order valence-electron chi connectivity index (χ0n) is 15.6. The molecule has 1 unspecified atom stereocenters. The van der Waals surface area contributed by atoms with E-state index in [4.69, 9.17) is 9.15 Å². The van der Waals surface area contributed by atoms with Gasteiger partial charge in [-0.1, -0.05) is 0 Å². The topological polar surface area (TPSA) is 59.8 Å². The van der Waals surface area contributed by atoms with Gasteiger partial charge in [-0.15, -0.1) is 0 Å². The van der Waals surface area contributed by atoms with Gasteiger partial charge in [-0.2, -0.15) is 0 Å². The number of fused-ring (bicyclic) bond motifs is 1. The van der Waals surface area contributed by atoms with Crippen LogP contribution in [-0.4, -0.2) is 31.1 Å². The van der Waals surface area contributed by atoms with Crippen molar-refractivity contribution >= 4 is 16.9 Å². The van der Waals surface area contributed by atoms with E-state index in [0.29, 0.717) is 5.58 Å². The minimum Gasteiger partial charge on any atom is -0.469 e. The molecule has 5 heteroatoms. The Morgan fingerprint density at radius 1 is 1.23 bits per heavy atom. The molecule has 1 atom stereocenters. The average Bonchev–Trinajstić information content (AvgIpc) is 3.32. The van der Waals surface area contributed by atoms with Crippen LogP contribution in [0.4, 0.5) is 0 Å². The second-order valence-electron chi connectivity index (χ2n) is 7.94. The van der Waals surface area contributed by atoms with E-state index >= 15 is 0 Å². The summed E-state index contributed by atoms with van der Waals surface area (Å²) in [4.78, 5) is 26.1. The van der Waals surface area contributed by atoms with E-state index in [2.05, 4.69) is 17.9 Å². The molecule has 5 nitrogen and oxygen atoms in total. The predicted octanol–water partition coefficient (Wildman–Crippen LogP) is 3.18. The molecule has 138 valence electrons. The molecule has 2 aromatic rings. The minimum atomic E-state index is -0.294. The van der Waals surface area contributed by atoms with Crippen LogP contribution in [0.25, 0.3) is 11.0 Å². The van der Waals surface area contributed by atoms with E-state index in [9.17, 15) is 9.59 Å². The molecule has 0 radical (unpaired) electrons. The van der Waals surface area contributed by atoms with Gasteiger partial charge < -0.3 is 9.15 Å². The average molecular weight is 355 g/mol. The second kappa shape index (κ2) is 6.23. The summed E-state index contributed by atoms with van der Waals surface area (Å²) in [5, 5.41) is 1.02. The van der Waals surface area contributed by atoms with E-state index in [0.717, 1.165) is 55.4 Å². The molecule has 0 bridgehead atoms. The Kier molecular flexibility index (Phi) is 4.14. The summed E-state index contributed by atoms with van der Waals surface area (Å²) >= 11 is 0. The monoisotopic (exact) mass is 355 g/mol. The Labute approximate surface area is 152 Å². The predicted molar refractivity (Wildman–Crippen MR) is 99.0 cm³/mol. The number of methoxy groups -OCH3 is 1. The van der Waals surface area contributed by atoms with Gasteiger partial charge in [-0.3, -0.25) is 9.69 Å². The van der Waals surface area contributed by atoms with Crippen LogP contribution in [0.15, 0.2) is 27.4 Å². The number of esters is 1. The van der Waals surface area contributed by atoms with Gasteiger partial charge in [-0.05, 0) is 80.4 Å². The van der Waals surface area contributed by atoms with Crippen molar-refractivity contribution in [3.05, 3.63) is 45.3 Å². The molecule has 1 saturated carbocycles. The molecule has 1 aliphatic carbocycles. The summed E-state index contributed by atoms with van der Waals surface area (Å²) in [6.45, 7) is 6.73. The summed E-state index contributed by atoms with van der Waals surface area (Å²) in [5.74, 6) is 0.0285. The summed E-state index contributed by atoms with van der Waals surface area (Å²) in [5.41, 5.74) is 3.88. The van der Waals surface area contributed by atoms with Gasteiger partial charge in [0.1, 0.15) is 5.58 Å². The highest BCUT2D eigenvalue weighted by molar-refractivity contribution is 5.82. The molecule has 26 heavy (non-hydrogen) atoms. The first kappa shape index (κ1) is 17.3. The highest BCUT2D eigenvalue weighted by atomic mass is 16.5. The van der Waals surface area contributed by atoms with Crippen molar-refractivity contribution < 1.29 is 13.9 Å². The number of benzene rings is 1. The first-order valence-electron chi connectivity index (χ1n) is 9.26. The zero-order chi connectivity index (χ0) is 18.5. The van der Waals surface area contributed by atoms with E-state index < -0.39 is 0 Å². The molecule has 2 fully saturated rings. The van der Waals surface area contributed by atoms with Crippen LogP contribution in [0.2, 0.25) is 0 Å². The third kappa shape index (κ3) is 2.94. The zero-order valence-corrected chi connectivity index (χ0v) is 15.6. The Balaban J connectivity index is 1.51. The quantitative estimate of drug-likeness (QED) is 0.625. The van der Waals surface area contributed by atoms with Crippen LogP contribution in [0.3, 0.4) is 0 Å². The summed E-state index contributed by atoms with van der Waals surface area (Å²) < 4.78 is 10.3. The van der Waals surface area contributed by atoms with Crippen LogP contribution in [-0.2, 0) is 16.1 Å². The van der Waals surface area contributed by atoms with Crippen molar-refractivity contribution in [3.8, 4) is 0 Å². The Hall–Kier alpha value is -2.14. The van der Waals surface area contributed by atoms with Gasteiger partial charge in [-0.25, -0.2) is 4.79 Å². The molecule has 0 N–H and O–H groups in total. The maximum atomic E-state index is 12.0. The summed E-state index contributed by atoms with van der Waals surface area (Å²) in [6.07, 6.45) is 3.00. The minimum absolute atomic E-state index is 0.0593. The first-order valence-corrected chi connectivity index (χ1v) is 9.26. The maximum absolute atomic E-state index is 12.0. The molecule has 1 aromatic carbocycles. The van der Waals surface area contributed by atoms with Crippen molar-refractivity contribution in [2.45, 2.75) is 39.7 Å². The van der Waals surface area contributed by atoms with Crippen LogP contribution in [0.1, 0.15) is 36.0 Å². The standard InChI is InChI=1S/C21H25NO4/c1-13-8-16-15(10-19(23)26-18(16)9-14(13)2)12-22-6-4-21(5-7-22)11-17(21)20(24)25-3/h8-10,17H,4-7,11-12H2,1-3H3. The van der Waals surface area contributed by atoms with Crippen LogP contribution < -0.4 is 5.63 Å². The fourth-order valence-corrected chi connectivity index (χ4v) is 4.39. The van der Waals surface area contributed by atoms with Gasteiger partial charge in [0.05, 0.1) is 13.0 Å². The summed E-state index contributed by atoms with van der Waals surface area (Å²) in [7, 11) is 1.47. The molecular formula is C21H25NO4. The molecule has 1 aromatic heterocycles. The first-order chi connectivity index (χ1) is 12.4. The van der Waals surface area contributed by atoms with Crippen molar-refractivity contribution in [1.82, 2.24) is 4.90 Å². The lowest BCUT2D eigenvalue weighted by Crippen LogP contribution is -2.35. The van der Waals surface area contributed by atoms with Crippen molar-refractivity contribution in [1.29, 1.82) is 0 Å². The lowest BCUT2D eigenvalue weighted by atomic mass is 9.90. The number of ether oxygens (including phenoxy) is 1. The van der Waals surface area contributed by atoms with Gasteiger partial charge in [0.15, 0.2) is 0 Å². The van der Waals surface area contributed by atoms with E-state index in [-0.39, 0.29) is 22.9 Å². The highest BCUT2D eigenvalue weighted by Gasteiger charge is 2.59. The maximum Gasteiger partial charge on any atom is 0.336 e. The third-order valence-corrected chi connectivity index (χ3v) is 6.37. The lowest BCUT2D eigenvalue weighted by Gasteiger charge is -2.32. The fraction of sp³-hybridized carbons (Fsp3) is 0.524. The number of rotatable bonds is 3. The Bertz CT molecular complexity index is 921. The number of hydrogen-bond donors (Lipinski definition) is 0. The Morgan fingerprint density at radius 2 is 1.92 bits per heavy atom. The molecular weight excluding hydrogens is 330 g/mol. The van der Waals surface area contributed by atoms with Gasteiger partial charge >= 0.3 is 11.6 Å². The van der Waals surface area contributed by atoms with Gasteiger partial charge in [0.25, 0.3) is 0 Å². The van der Waals surface area contributed by atoms with Crippen molar-refractivity contribution in [3.63, 3.8) is 0 Å². The van der Waals surface area contributed by atoms with E-state index in [1.165, 1.54) is 12.7 Å². The SMILES string of the molecule is COC(=O)C1CC12CCN(Cc1cc(=O)oc3cc(C)c(C)cc13)CC2. The number of aryl methyl sites for hydroxylation is 2. The van der Waals surface area contributed by atoms with E-state index in [1.54, 1.807) is 6.07 Å². The molecule has 0 amide bonds. The molecule has 2 heterocycles. The normalized spacial score (nSPS) is 21.9. The lowest BCUT2D eigenvalue weighted by molar-refractivity contribution is -0.143. The van der Waals surface area contributed by atoms with Gasteiger partial charge in [0, 0.05) is 18.0 Å². The largest absolute Gasteiger partial charge is 0.469 e. The van der Waals surface area contributed by atoms with Gasteiger partial charge in [0.2, 0.25) is 0 Å². The number of carbonyl (C=O) groups excluding carboxylic acids is 1. The molecule has 1 saturated heterocycles. The van der Waals surface area contributed by atoms with Crippen molar-refractivity contribution in [2.75, 3.05) is 20.2 Å². The van der Waals surface area contributed by atoms with E-state index in [1.807, 2.05) is 13.0 Å². The molecule has 1 spiro atoms. The smallest absolute Gasteiger partial charge is 0.336 e. The van der Waals surface area contributed by atoms with Crippen molar-refractivity contribution in [2.24, 2.45) is 11.3 Å². The van der Waals surface area contributed by atoms with Crippen LogP contribution >= 0.6 is 0 Å². The number of carbonyl (C=O) groups is 1. The molecule has 1 aliphatic heterocycles. The molecule has 2 aliphatic rings. The molecule has 4 rings (SSSR count). The third-order valence-electron chi connectivity index (χ3n) is 6.37. The second-order valence-corrected chi connectivity index (χ2v) is 7.94. The number of likely N-dealkylation sites (tertiary alicyclic amines) is 1. The number of hydrogen-bond acceptors (Lipinski definition) is 5. The number of piperidine rings is 1. The Morgan fingerprint density at radius 3 is 2.62 bits per heavy atom. The van der Waals surface area contributed by atoms with Crippen LogP contribution in [0, 0.1) is 25.2 Å².